The first-order valence-electron chi connectivity index (χ1n) is 12.0. The van der Waals surface area contributed by atoms with Crippen LogP contribution >= 0.6 is 0 Å². The second-order valence-corrected chi connectivity index (χ2v) is 9.16. The summed E-state index contributed by atoms with van der Waals surface area (Å²) in [6.07, 6.45) is 3.92. The molecule has 2 aliphatic heterocycles. The number of hydrogen-bond acceptors (Lipinski definition) is 7. The highest BCUT2D eigenvalue weighted by atomic mass is 16.1. The van der Waals surface area contributed by atoms with Crippen molar-refractivity contribution < 1.29 is 4.79 Å². The van der Waals surface area contributed by atoms with Crippen LogP contribution in [0.2, 0.25) is 0 Å². The maximum Gasteiger partial charge on any atom is 0.250 e. The van der Waals surface area contributed by atoms with Gasteiger partial charge in [-0.05, 0) is 38.3 Å². The number of piperazine rings is 1. The topological polar surface area (TPSA) is 91.5 Å². The third-order valence-electron chi connectivity index (χ3n) is 6.82. The van der Waals surface area contributed by atoms with Crippen LogP contribution in [0.25, 0.3) is 11.3 Å². The standard InChI is InChI=1S/C26H31N7O/c1-18-15-21(24(27)34)17-28-25(18)32-13-11-31(12-14-32)23-16-22(20-8-4-3-5-9-20)29-26(30-23)33-10-6-7-19(33)2/h3-5,8-9,15-17,19H,6-7,10-14H2,1-2H3,(H2,27,34). The molecule has 8 heteroatoms. The summed E-state index contributed by atoms with van der Waals surface area (Å²) in [6.45, 7) is 8.54. The molecule has 2 fully saturated rings. The maximum absolute atomic E-state index is 11.5. The number of aryl methyl sites for hydroxylation is 1. The summed E-state index contributed by atoms with van der Waals surface area (Å²) in [5.41, 5.74) is 8.87. The zero-order valence-corrected chi connectivity index (χ0v) is 19.8. The minimum Gasteiger partial charge on any atom is -0.366 e. The average molecular weight is 458 g/mol. The number of carbonyl (C=O) groups is 1. The van der Waals surface area contributed by atoms with Gasteiger partial charge in [-0.2, -0.15) is 4.98 Å². The molecule has 3 aromatic rings. The first kappa shape index (κ1) is 22.1. The fraction of sp³-hybridized carbons (Fsp3) is 0.385. The lowest BCUT2D eigenvalue weighted by Gasteiger charge is -2.37. The lowest BCUT2D eigenvalue weighted by atomic mass is 10.1. The Hall–Kier alpha value is -3.68. The van der Waals surface area contributed by atoms with E-state index in [1.165, 1.54) is 12.8 Å². The first-order chi connectivity index (χ1) is 16.5. The van der Waals surface area contributed by atoms with Crippen LogP contribution in [0.1, 0.15) is 35.7 Å². The molecule has 8 nitrogen and oxygen atoms in total. The molecular weight excluding hydrogens is 426 g/mol. The number of nitrogens with zero attached hydrogens (tertiary/aromatic N) is 6. The van der Waals surface area contributed by atoms with E-state index in [0.29, 0.717) is 11.6 Å². The van der Waals surface area contributed by atoms with Gasteiger partial charge >= 0.3 is 0 Å². The van der Waals surface area contributed by atoms with Crippen LogP contribution < -0.4 is 20.4 Å². The van der Waals surface area contributed by atoms with Crippen LogP contribution in [-0.2, 0) is 0 Å². The van der Waals surface area contributed by atoms with Crippen molar-refractivity contribution in [3.05, 3.63) is 59.8 Å². The van der Waals surface area contributed by atoms with Gasteiger partial charge in [0.25, 0.3) is 0 Å². The molecule has 1 unspecified atom stereocenters. The molecule has 34 heavy (non-hydrogen) atoms. The molecule has 1 atom stereocenters. The Morgan fingerprint density at radius 1 is 1.00 bits per heavy atom. The zero-order chi connectivity index (χ0) is 23.7. The molecule has 1 amide bonds. The molecule has 2 saturated heterocycles. The number of aromatic nitrogens is 3. The van der Waals surface area contributed by atoms with E-state index >= 15 is 0 Å². The fourth-order valence-corrected chi connectivity index (χ4v) is 4.88. The van der Waals surface area contributed by atoms with Gasteiger partial charge in [0, 0.05) is 56.6 Å². The van der Waals surface area contributed by atoms with Crippen LogP contribution in [0.3, 0.4) is 0 Å². The van der Waals surface area contributed by atoms with Gasteiger partial charge in [0.1, 0.15) is 11.6 Å². The summed E-state index contributed by atoms with van der Waals surface area (Å²) < 4.78 is 0. The molecule has 5 rings (SSSR count). The monoisotopic (exact) mass is 457 g/mol. The van der Waals surface area contributed by atoms with E-state index in [4.69, 9.17) is 15.7 Å². The van der Waals surface area contributed by atoms with Crippen molar-refractivity contribution in [1.29, 1.82) is 0 Å². The van der Waals surface area contributed by atoms with Crippen molar-refractivity contribution in [3.63, 3.8) is 0 Å². The van der Waals surface area contributed by atoms with E-state index in [1.807, 2.05) is 31.2 Å². The molecule has 4 heterocycles. The number of pyridine rings is 1. The molecular formula is C26H31N7O. The molecule has 0 spiro atoms. The predicted octanol–water partition coefficient (Wildman–Crippen LogP) is 3.26. The quantitative estimate of drug-likeness (QED) is 0.629. The van der Waals surface area contributed by atoms with Crippen molar-refractivity contribution in [2.45, 2.75) is 32.7 Å². The summed E-state index contributed by atoms with van der Waals surface area (Å²) in [5, 5.41) is 0. The number of anilines is 3. The van der Waals surface area contributed by atoms with Crippen LogP contribution in [0.15, 0.2) is 48.7 Å². The molecule has 0 bridgehead atoms. The molecule has 176 valence electrons. The van der Waals surface area contributed by atoms with E-state index in [0.717, 1.165) is 67.1 Å². The number of nitrogens with two attached hydrogens (primary N) is 1. The van der Waals surface area contributed by atoms with Crippen LogP contribution in [0, 0.1) is 6.92 Å². The van der Waals surface area contributed by atoms with E-state index in [-0.39, 0.29) is 0 Å². The number of amides is 1. The first-order valence-corrected chi connectivity index (χ1v) is 12.0. The van der Waals surface area contributed by atoms with Gasteiger partial charge < -0.3 is 20.4 Å². The maximum atomic E-state index is 11.5. The molecule has 2 aliphatic rings. The highest BCUT2D eigenvalue weighted by Gasteiger charge is 2.26. The van der Waals surface area contributed by atoms with Crippen LogP contribution in [0.4, 0.5) is 17.6 Å². The predicted molar refractivity (Wildman–Crippen MR) is 135 cm³/mol. The molecule has 2 N–H and O–H groups in total. The van der Waals surface area contributed by atoms with Gasteiger partial charge in [-0.1, -0.05) is 30.3 Å². The summed E-state index contributed by atoms with van der Waals surface area (Å²) in [7, 11) is 0. The van der Waals surface area contributed by atoms with Gasteiger partial charge in [0.05, 0.1) is 11.3 Å². The Morgan fingerprint density at radius 3 is 2.38 bits per heavy atom. The number of primary amides is 1. The summed E-state index contributed by atoms with van der Waals surface area (Å²) in [6, 6.07) is 14.7. The summed E-state index contributed by atoms with van der Waals surface area (Å²) >= 11 is 0. The largest absolute Gasteiger partial charge is 0.366 e. The normalized spacial score (nSPS) is 18.4. The zero-order valence-electron chi connectivity index (χ0n) is 19.8. The lowest BCUT2D eigenvalue weighted by molar-refractivity contribution is 0.1000. The molecule has 0 saturated carbocycles. The van der Waals surface area contributed by atoms with Crippen molar-refractivity contribution in [1.82, 2.24) is 15.0 Å². The highest BCUT2D eigenvalue weighted by molar-refractivity contribution is 5.92. The Labute approximate surface area is 200 Å². The third kappa shape index (κ3) is 4.40. The van der Waals surface area contributed by atoms with Gasteiger partial charge in [-0.25, -0.2) is 9.97 Å². The van der Waals surface area contributed by atoms with Crippen LogP contribution in [-0.4, -0.2) is 59.6 Å². The highest BCUT2D eigenvalue weighted by Crippen LogP contribution is 2.29. The van der Waals surface area contributed by atoms with Gasteiger partial charge in [-0.3, -0.25) is 4.79 Å². The van der Waals surface area contributed by atoms with Gasteiger partial charge in [0.2, 0.25) is 11.9 Å². The van der Waals surface area contributed by atoms with Crippen molar-refractivity contribution in [3.8, 4) is 11.3 Å². The molecule has 2 aromatic heterocycles. The lowest BCUT2D eigenvalue weighted by Crippen LogP contribution is -2.47. The number of carbonyl (C=O) groups excluding carboxylic acids is 1. The van der Waals surface area contributed by atoms with Gasteiger partial charge in [0.15, 0.2) is 0 Å². The van der Waals surface area contributed by atoms with E-state index in [1.54, 1.807) is 6.20 Å². The molecule has 1 aromatic carbocycles. The minimum atomic E-state index is -0.451. The number of hydrogen-bond donors (Lipinski definition) is 1. The Bertz CT molecular complexity index is 1180. The minimum absolute atomic E-state index is 0.443. The average Bonchev–Trinajstić information content (AvgIpc) is 3.30. The van der Waals surface area contributed by atoms with E-state index in [9.17, 15) is 4.79 Å². The van der Waals surface area contributed by atoms with Crippen molar-refractivity contribution in [2.75, 3.05) is 47.4 Å². The molecule has 0 aliphatic carbocycles. The summed E-state index contributed by atoms with van der Waals surface area (Å²) in [5.74, 6) is 2.25. The van der Waals surface area contributed by atoms with Crippen molar-refractivity contribution in [2.24, 2.45) is 5.73 Å². The smallest absolute Gasteiger partial charge is 0.250 e. The Balaban J connectivity index is 1.39. The second kappa shape index (κ2) is 9.29. The third-order valence-corrected chi connectivity index (χ3v) is 6.82. The SMILES string of the molecule is Cc1cc(C(N)=O)cnc1N1CCN(c2cc(-c3ccccc3)nc(N3CCCC3C)n2)CC1. The van der Waals surface area contributed by atoms with E-state index in [2.05, 4.69) is 44.8 Å². The van der Waals surface area contributed by atoms with Crippen molar-refractivity contribution >= 4 is 23.5 Å². The van der Waals surface area contributed by atoms with E-state index < -0.39 is 5.91 Å². The summed E-state index contributed by atoms with van der Waals surface area (Å²) in [4.78, 5) is 32.9. The van der Waals surface area contributed by atoms with Gasteiger partial charge in [-0.15, -0.1) is 0 Å². The fourth-order valence-electron chi connectivity index (χ4n) is 4.88. The van der Waals surface area contributed by atoms with Crippen LogP contribution in [0.5, 0.6) is 0 Å². The number of benzene rings is 1. The molecule has 0 radical (unpaired) electrons. The second-order valence-electron chi connectivity index (χ2n) is 9.16. The Kier molecular flexibility index (Phi) is 6.04. The Morgan fingerprint density at radius 2 is 1.74 bits per heavy atom. The number of rotatable bonds is 5.